The molecule has 4 rings (SSSR count). The Morgan fingerprint density at radius 1 is 1.03 bits per heavy atom. The second-order valence-electron chi connectivity index (χ2n) is 7.56. The molecule has 1 unspecified atom stereocenters. The highest BCUT2D eigenvalue weighted by atomic mass is 79.9. The molecule has 1 N–H and O–H groups in total. The van der Waals surface area contributed by atoms with Gasteiger partial charge >= 0.3 is 0 Å². The van der Waals surface area contributed by atoms with Gasteiger partial charge in [-0.05, 0) is 73.3 Å². The summed E-state index contributed by atoms with van der Waals surface area (Å²) in [5, 5.41) is 3.87. The van der Waals surface area contributed by atoms with E-state index in [9.17, 15) is 13.2 Å². The molecule has 4 aromatic rings. The van der Waals surface area contributed by atoms with Gasteiger partial charge in [0, 0.05) is 15.7 Å². The Morgan fingerprint density at radius 2 is 1.73 bits per heavy atom. The first-order valence-corrected chi connectivity index (χ1v) is 13.5. The normalized spacial score (nSPS) is 12.5. The van der Waals surface area contributed by atoms with Crippen LogP contribution < -0.4 is 9.62 Å². The van der Waals surface area contributed by atoms with Crippen molar-refractivity contribution in [3.63, 3.8) is 0 Å². The van der Waals surface area contributed by atoms with E-state index < -0.39 is 10.0 Å². The monoisotopic (exact) mass is 542 g/mol. The Bertz CT molecular complexity index is 1380. The number of amides is 1. The predicted octanol–water partition coefficient (Wildman–Crippen LogP) is 6.37. The Labute approximate surface area is 206 Å². The van der Waals surface area contributed by atoms with Crippen LogP contribution in [0.25, 0.3) is 10.1 Å². The van der Waals surface area contributed by atoms with Crippen molar-refractivity contribution in [2.45, 2.75) is 24.8 Å². The molecule has 5 nitrogen and oxygen atoms in total. The molecule has 0 saturated carbocycles. The molecule has 33 heavy (non-hydrogen) atoms. The second-order valence-corrected chi connectivity index (χ2v) is 11.4. The highest BCUT2D eigenvalue weighted by molar-refractivity contribution is 9.10. The third kappa shape index (κ3) is 4.98. The number of anilines is 1. The minimum absolute atomic E-state index is 0.119. The number of hydrogen-bond donors (Lipinski definition) is 1. The molecule has 3 aromatic carbocycles. The minimum atomic E-state index is -3.71. The van der Waals surface area contributed by atoms with Crippen LogP contribution in [0.1, 0.15) is 35.1 Å². The number of benzene rings is 3. The Kier molecular flexibility index (Phi) is 6.88. The molecule has 0 radical (unpaired) electrons. The standard InChI is InChI=1S/C25H23BrN2O3S2/c1-3-28(33(30,31)22-12-9-20(26)10-13-22)21-11-14-23-19(15-21)16-24(32-23)25(29)27-17(2)18-7-5-4-6-8-18/h4-17H,3H2,1-2H3,(H,27,29). The number of hydrogen-bond acceptors (Lipinski definition) is 4. The zero-order valence-electron chi connectivity index (χ0n) is 18.2. The van der Waals surface area contributed by atoms with Gasteiger partial charge in [0.05, 0.1) is 21.5 Å². The van der Waals surface area contributed by atoms with E-state index >= 15 is 0 Å². The molecule has 0 bridgehead atoms. The van der Waals surface area contributed by atoms with E-state index in [-0.39, 0.29) is 23.4 Å². The molecule has 0 aliphatic rings. The minimum Gasteiger partial charge on any atom is -0.345 e. The number of carbonyl (C=O) groups excluding carboxylic acids is 1. The average Bonchev–Trinajstić information content (AvgIpc) is 3.24. The summed E-state index contributed by atoms with van der Waals surface area (Å²) in [6, 6.07) is 23.6. The number of carbonyl (C=O) groups is 1. The quantitative estimate of drug-likeness (QED) is 0.295. The molecule has 0 aliphatic heterocycles. The average molecular weight is 544 g/mol. The van der Waals surface area contributed by atoms with Crippen molar-refractivity contribution in [2.75, 3.05) is 10.8 Å². The summed E-state index contributed by atoms with van der Waals surface area (Å²) in [5.74, 6) is -0.149. The lowest BCUT2D eigenvalue weighted by atomic mass is 10.1. The number of nitrogens with zero attached hydrogens (tertiary/aromatic N) is 1. The van der Waals surface area contributed by atoms with Crippen LogP contribution in [0, 0.1) is 0 Å². The van der Waals surface area contributed by atoms with Crippen molar-refractivity contribution >= 4 is 59.0 Å². The van der Waals surface area contributed by atoms with Crippen LogP contribution in [0.3, 0.4) is 0 Å². The number of thiophene rings is 1. The molecule has 0 saturated heterocycles. The van der Waals surface area contributed by atoms with Crippen LogP contribution in [0.5, 0.6) is 0 Å². The maximum atomic E-state index is 13.2. The lowest BCUT2D eigenvalue weighted by molar-refractivity contribution is 0.0944. The van der Waals surface area contributed by atoms with E-state index in [0.717, 1.165) is 20.1 Å². The van der Waals surface area contributed by atoms with Crippen LogP contribution in [0.2, 0.25) is 0 Å². The van der Waals surface area contributed by atoms with Gasteiger partial charge in [0.25, 0.3) is 15.9 Å². The van der Waals surface area contributed by atoms with Crippen molar-refractivity contribution in [1.82, 2.24) is 5.32 Å². The highest BCUT2D eigenvalue weighted by Crippen LogP contribution is 2.32. The van der Waals surface area contributed by atoms with Crippen molar-refractivity contribution in [1.29, 1.82) is 0 Å². The van der Waals surface area contributed by atoms with Crippen LogP contribution in [-0.2, 0) is 10.0 Å². The summed E-state index contributed by atoms with van der Waals surface area (Å²) in [5.41, 5.74) is 1.60. The number of halogens is 1. The summed E-state index contributed by atoms with van der Waals surface area (Å²) < 4.78 is 29.6. The van der Waals surface area contributed by atoms with Crippen molar-refractivity contribution in [3.05, 3.63) is 93.8 Å². The van der Waals surface area contributed by atoms with E-state index in [2.05, 4.69) is 21.2 Å². The van der Waals surface area contributed by atoms with Crippen molar-refractivity contribution in [3.8, 4) is 0 Å². The lowest BCUT2D eigenvalue weighted by Crippen LogP contribution is -2.30. The first-order chi connectivity index (χ1) is 15.8. The maximum absolute atomic E-state index is 13.2. The molecule has 1 aromatic heterocycles. The number of rotatable bonds is 7. The Morgan fingerprint density at radius 3 is 2.39 bits per heavy atom. The summed E-state index contributed by atoms with van der Waals surface area (Å²) in [6.45, 7) is 4.04. The first-order valence-electron chi connectivity index (χ1n) is 10.5. The van der Waals surface area contributed by atoms with E-state index in [0.29, 0.717) is 10.6 Å². The van der Waals surface area contributed by atoms with Gasteiger partial charge in [-0.25, -0.2) is 8.42 Å². The van der Waals surface area contributed by atoms with Gasteiger partial charge in [-0.15, -0.1) is 11.3 Å². The third-order valence-electron chi connectivity index (χ3n) is 5.35. The fraction of sp³-hybridized carbons (Fsp3) is 0.160. The highest BCUT2D eigenvalue weighted by Gasteiger charge is 2.24. The number of nitrogens with one attached hydrogen (secondary N) is 1. The summed E-state index contributed by atoms with van der Waals surface area (Å²) in [6.07, 6.45) is 0. The van der Waals surface area contributed by atoms with Gasteiger partial charge in [-0.1, -0.05) is 46.3 Å². The van der Waals surface area contributed by atoms with Crippen LogP contribution in [-0.4, -0.2) is 20.9 Å². The zero-order chi connectivity index (χ0) is 23.6. The first kappa shape index (κ1) is 23.5. The molecule has 8 heteroatoms. The molecule has 1 atom stereocenters. The molecule has 0 aliphatic carbocycles. The van der Waals surface area contributed by atoms with Gasteiger partial charge in [0.1, 0.15) is 0 Å². The van der Waals surface area contributed by atoms with Gasteiger partial charge < -0.3 is 5.32 Å². The third-order valence-corrected chi connectivity index (χ3v) is 8.91. The molecule has 0 spiro atoms. The van der Waals surface area contributed by atoms with E-state index in [4.69, 9.17) is 0 Å². The summed E-state index contributed by atoms with van der Waals surface area (Å²) >= 11 is 4.73. The van der Waals surface area contributed by atoms with Gasteiger partial charge in [0.2, 0.25) is 0 Å². The topological polar surface area (TPSA) is 66.5 Å². The molecule has 170 valence electrons. The van der Waals surface area contributed by atoms with Gasteiger partial charge in [0.15, 0.2) is 0 Å². The smallest absolute Gasteiger partial charge is 0.264 e. The SMILES string of the molecule is CCN(c1ccc2sc(C(=O)NC(C)c3ccccc3)cc2c1)S(=O)(=O)c1ccc(Br)cc1. The van der Waals surface area contributed by atoms with E-state index in [1.165, 1.54) is 15.6 Å². The largest absolute Gasteiger partial charge is 0.345 e. The van der Waals surface area contributed by atoms with Gasteiger partial charge in [-0.2, -0.15) is 0 Å². The fourth-order valence-corrected chi connectivity index (χ4v) is 6.29. The molecule has 1 heterocycles. The van der Waals surface area contributed by atoms with E-state index in [1.807, 2.05) is 55.5 Å². The molecule has 1 amide bonds. The molecular weight excluding hydrogens is 520 g/mol. The fourth-order valence-electron chi connectivity index (χ4n) is 3.62. The second kappa shape index (κ2) is 9.67. The van der Waals surface area contributed by atoms with Gasteiger partial charge in [-0.3, -0.25) is 9.10 Å². The van der Waals surface area contributed by atoms with Crippen LogP contribution in [0.4, 0.5) is 5.69 Å². The maximum Gasteiger partial charge on any atom is 0.264 e. The van der Waals surface area contributed by atoms with Crippen LogP contribution in [0.15, 0.2) is 88.2 Å². The predicted molar refractivity (Wildman–Crippen MR) is 138 cm³/mol. The molecular formula is C25H23BrN2O3S2. The number of fused-ring (bicyclic) bond motifs is 1. The lowest BCUT2D eigenvalue weighted by Gasteiger charge is -2.23. The van der Waals surface area contributed by atoms with Crippen molar-refractivity contribution in [2.24, 2.45) is 0 Å². The molecule has 0 fully saturated rings. The number of sulfonamides is 1. The zero-order valence-corrected chi connectivity index (χ0v) is 21.4. The van der Waals surface area contributed by atoms with E-state index in [1.54, 1.807) is 37.3 Å². The Hall–Kier alpha value is -2.68. The van der Waals surface area contributed by atoms with Crippen LogP contribution >= 0.6 is 27.3 Å². The summed E-state index contributed by atoms with van der Waals surface area (Å²) in [4.78, 5) is 13.7. The van der Waals surface area contributed by atoms with Crippen molar-refractivity contribution < 1.29 is 13.2 Å². The Balaban J connectivity index is 1.60. The summed E-state index contributed by atoms with van der Waals surface area (Å²) in [7, 11) is -3.71.